The van der Waals surface area contributed by atoms with Crippen LogP contribution in [0.3, 0.4) is 0 Å². The van der Waals surface area contributed by atoms with E-state index in [-0.39, 0.29) is 28.9 Å². The number of fused-ring (bicyclic) bond motifs is 1. The van der Waals surface area contributed by atoms with E-state index in [1.807, 2.05) is 0 Å². The van der Waals surface area contributed by atoms with Gasteiger partial charge in [0, 0.05) is 0 Å². The van der Waals surface area contributed by atoms with Crippen molar-refractivity contribution in [3.05, 3.63) is 47.4 Å². The highest BCUT2D eigenvalue weighted by Gasteiger charge is 2.46. The SMILES string of the molecule is Nc1nc(Cl)c2ncn([C@@H]3O[C@H](COC(=O)c4ccccc4)[C@@H](O)[C@H]3F)c2n1. The van der Waals surface area contributed by atoms with Gasteiger partial charge in [-0.1, -0.05) is 29.8 Å². The Bertz CT molecular complexity index is 1020. The molecule has 0 radical (unpaired) electrons. The standard InChI is InChI=1S/C17H15ClFN5O4/c18-13-11-14(23-17(20)22-13)24(7-21-11)15-10(19)12(25)9(28-15)6-27-16(26)8-4-2-1-3-5-8/h1-5,7,9-10,12,15,25H,6H2,(H2,20,22,23)/t9-,10-,12-,15-/m1/s1. The summed E-state index contributed by atoms with van der Waals surface area (Å²) >= 11 is 5.97. The fraction of sp³-hybridized carbons (Fsp3) is 0.294. The molecule has 1 aromatic carbocycles. The average Bonchev–Trinajstić information content (AvgIpc) is 3.22. The normalized spacial score (nSPS) is 24.5. The molecule has 4 atom stereocenters. The lowest BCUT2D eigenvalue weighted by molar-refractivity contribution is -0.0529. The van der Waals surface area contributed by atoms with E-state index in [1.54, 1.807) is 30.3 Å². The first-order valence-electron chi connectivity index (χ1n) is 8.31. The number of ether oxygens (including phenoxy) is 2. The molecule has 3 heterocycles. The number of aliphatic hydroxyl groups is 1. The molecule has 1 saturated heterocycles. The third-order valence-corrected chi connectivity index (χ3v) is 4.62. The number of rotatable bonds is 4. The molecule has 0 aliphatic carbocycles. The van der Waals surface area contributed by atoms with Crippen molar-refractivity contribution in [3.63, 3.8) is 0 Å². The number of nitrogen functional groups attached to an aromatic ring is 1. The molecule has 28 heavy (non-hydrogen) atoms. The third-order valence-electron chi connectivity index (χ3n) is 4.35. The molecule has 1 aliphatic heterocycles. The summed E-state index contributed by atoms with van der Waals surface area (Å²) in [6, 6.07) is 8.31. The molecule has 146 valence electrons. The smallest absolute Gasteiger partial charge is 0.338 e. The van der Waals surface area contributed by atoms with Gasteiger partial charge in [0.2, 0.25) is 5.95 Å². The number of aromatic nitrogens is 4. The van der Waals surface area contributed by atoms with Gasteiger partial charge in [-0.3, -0.25) is 4.57 Å². The zero-order valence-corrected chi connectivity index (χ0v) is 15.0. The second kappa shape index (κ2) is 7.30. The van der Waals surface area contributed by atoms with Crippen LogP contribution in [-0.4, -0.2) is 55.6 Å². The van der Waals surface area contributed by atoms with Gasteiger partial charge in [0.15, 0.2) is 23.2 Å². The fourth-order valence-electron chi connectivity index (χ4n) is 2.96. The molecule has 3 N–H and O–H groups in total. The number of hydrogen-bond acceptors (Lipinski definition) is 8. The summed E-state index contributed by atoms with van der Waals surface area (Å²) in [6.45, 7) is -0.323. The van der Waals surface area contributed by atoms with Crippen molar-refractivity contribution in [1.82, 2.24) is 19.5 Å². The molecule has 9 nitrogen and oxygen atoms in total. The van der Waals surface area contributed by atoms with Gasteiger partial charge in [0.05, 0.1) is 11.9 Å². The number of imidazole rings is 1. The molecular formula is C17H15ClFN5O4. The van der Waals surface area contributed by atoms with Crippen LogP contribution in [0.15, 0.2) is 36.7 Å². The van der Waals surface area contributed by atoms with Gasteiger partial charge >= 0.3 is 5.97 Å². The molecule has 0 unspecified atom stereocenters. The first kappa shape index (κ1) is 18.5. The molecule has 11 heteroatoms. The molecule has 2 aromatic heterocycles. The number of benzene rings is 1. The summed E-state index contributed by atoms with van der Waals surface area (Å²) in [7, 11) is 0. The van der Waals surface area contributed by atoms with E-state index < -0.39 is 30.6 Å². The Balaban J connectivity index is 1.51. The maximum Gasteiger partial charge on any atom is 0.338 e. The quantitative estimate of drug-likeness (QED) is 0.492. The van der Waals surface area contributed by atoms with Gasteiger partial charge in [-0.2, -0.15) is 9.97 Å². The molecule has 0 spiro atoms. The lowest BCUT2D eigenvalue weighted by Crippen LogP contribution is -2.32. The first-order valence-corrected chi connectivity index (χ1v) is 8.69. The summed E-state index contributed by atoms with van der Waals surface area (Å²) in [5.74, 6) is -0.711. The maximum atomic E-state index is 14.7. The largest absolute Gasteiger partial charge is 0.459 e. The van der Waals surface area contributed by atoms with Crippen molar-refractivity contribution in [2.75, 3.05) is 12.3 Å². The van der Waals surface area contributed by atoms with Gasteiger partial charge in [0.25, 0.3) is 0 Å². The number of halogens is 2. The number of carbonyl (C=O) groups is 1. The zero-order valence-electron chi connectivity index (χ0n) is 14.3. The number of carbonyl (C=O) groups excluding carboxylic acids is 1. The first-order chi connectivity index (χ1) is 13.5. The van der Waals surface area contributed by atoms with Crippen molar-refractivity contribution in [3.8, 4) is 0 Å². The average molecular weight is 408 g/mol. The Labute approximate surface area is 162 Å². The van der Waals surface area contributed by atoms with E-state index in [9.17, 15) is 14.3 Å². The molecule has 0 amide bonds. The van der Waals surface area contributed by atoms with E-state index in [4.69, 9.17) is 26.8 Å². The van der Waals surface area contributed by atoms with Crippen LogP contribution in [0.2, 0.25) is 5.15 Å². The number of anilines is 1. The summed E-state index contributed by atoms with van der Waals surface area (Å²) in [5, 5.41) is 10.2. The summed E-state index contributed by atoms with van der Waals surface area (Å²) < 4.78 is 26.7. The monoisotopic (exact) mass is 407 g/mol. The Morgan fingerprint density at radius 1 is 1.36 bits per heavy atom. The minimum Gasteiger partial charge on any atom is -0.459 e. The highest BCUT2D eigenvalue weighted by molar-refractivity contribution is 6.33. The van der Waals surface area contributed by atoms with Crippen LogP contribution in [0.1, 0.15) is 16.6 Å². The second-order valence-electron chi connectivity index (χ2n) is 6.16. The van der Waals surface area contributed by atoms with Gasteiger partial charge in [-0.25, -0.2) is 14.2 Å². The van der Waals surface area contributed by atoms with E-state index in [1.165, 1.54) is 10.9 Å². The van der Waals surface area contributed by atoms with E-state index in [2.05, 4.69) is 15.0 Å². The van der Waals surface area contributed by atoms with Gasteiger partial charge < -0.3 is 20.3 Å². The van der Waals surface area contributed by atoms with Crippen molar-refractivity contribution < 1.29 is 23.8 Å². The number of nitrogens with zero attached hydrogens (tertiary/aromatic N) is 4. The Morgan fingerprint density at radius 3 is 2.86 bits per heavy atom. The van der Waals surface area contributed by atoms with Crippen LogP contribution in [0.5, 0.6) is 0 Å². The van der Waals surface area contributed by atoms with E-state index in [0.29, 0.717) is 5.56 Å². The number of alkyl halides is 1. The number of nitrogens with two attached hydrogens (primary N) is 1. The highest BCUT2D eigenvalue weighted by Crippen LogP contribution is 2.34. The minimum atomic E-state index is -1.81. The second-order valence-corrected chi connectivity index (χ2v) is 6.52. The van der Waals surface area contributed by atoms with E-state index in [0.717, 1.165) is 0 Å². The number of esters is 1. The van der Waals surface area contributed by atoms with Crippen LogP contribution in [0.4, 0.5) is 10.3 Å². The highest BCUT2D eigenvalue weighted by atomic mass is 35.5. The van der Waals surface area contributed by atoms with Crippen molar-refractivity contribution in [2.24, 2.45) is 0 Å². The minimum absolute atomic E-state index is 0.0172. The lowest BCUT2D eigenvalue weighted by atomic mass is 10.1. The molecule has 3 aromatic rings. The fourth-order valence-corrected chi connectivity index (χ4v) is 3.18. The summed E-state index contributed by atoms with van der Waals surface area (Å²) in [4.78, 5) is 23.9. The third kappa shape index (κ3) is 3.26. The number of aliphatic hydroxyl groups excluding tert-OH is 1. The Hall–Kier alpha value is -2.82. The maximum absolute atomic E-state index is 14.7. The molecule has 4 rings (SSSR count). The van der Waals surface area contributed by atoms with Crippen molar-refractivity contribution in [1.29, 1.82) is 0 Å². The van der Waals surface area contributed by atoms with Crippen LogP contribution in [-0.2, 0) is 9.47 Å². The van der Waals surface area contributed by atoms with E-state index >= 15 is 0 Å². The molecule has 0 saturated carbocycles. The van der Waals surface area contributed by atoms with Crippen molar-refractivity contribution >= 4 is 34.7 Å². The van der Waals surface area contributed by atoms with Crippen molar-refractivity contribution in [2.45, 2.75) is 24.6 Å². The van der Waals surface area contributed by atoms with Gasteiger partial charge in [0.1, 0.15) is 24.3 Å². The Kier molecular flexibility index (Phi) is 4.84. The summed E-state index contributed by atoms with van der Waals surface area (Å²) in [6.07, 6.45) is -4.37. The summed E-state index contributed by atoms with van der Waals surface area (Å²) in [5.41, 5.74) is 6.31. The van der Waals surface area contributed by atoms with Crippen LogP contribution in [0.25, 0.3) is 11.2 Å². The molecule has 1 fully saturated rings. The topological polar surface area (TPSA) is 125 Å². The zero-order chi connectivity index (χ0) is 19.8. The number of hydrogen-bond donors (Lipinski definition) is 2. The molecule has 0 bridgehead atoms. The predicted molar refractivity (Wildman–Crippen MR) is 96.3 cm³/mol. The Morgan fingerprint density at radius 2 is 2.11 bits per heavy atom. The van der Waals surface area contributed by atoms with Crippen LogP contribution in [0, 0.1) is 0 Å². The molecule has 1 aliphatic rings. The van der Waals surface area contributed by atoms with Gasteiger partial charge in [-0.05, 0) is 12.1 Å². The predicted octanol–water partition coefficient (Wildman–Crippen LogP) is 1.52. The van der Waals surface area contributed by atoms with Crippen LogP contribution >= 0.6 is 11.6 Å². The van der Waals surface area contributed by atoms with Crippen LogP contribution < -0.4 is 5.73 Å². The molecular weight excluding hydrogens is 393 g/mol. The van der Waals surface area contributed by atoms with Gasteiger partial charge in [-0.15, -0.1) is 0 Å². The lowest BCUT2D eigenvalue weighted by Gasteiger charge is -2.15.